The highest BCUT2D eigenvalue weighted by atomic mass is 15.3. The number of hydrogen-bond acceptors (Lipinski definition) is 7. The van der Waals surface area contributed by atoms with E-state index in [2.05, 4.69) is 66.5 Å². The fourth-order valence-electron chi connectivity index (χ4n) is 3.37. The Balaban J connectivity index is 1.34. The van der Waals surface area contributed by atoms with Crippen LogP contribution in [0.25, 0.3) is 0 Å². The van der Waals surface area contributed by atoms with Gasteiger partial charge in [-0.2, -0.15) is 15.0 Å². The molecule has 0 spiro atoms. The van der Waals surface area contributed by atoms with Gasteiger partial charge in [0.1, 0.15) is 5.82 Å². The van der Waals surface area contributed by atoms with Crippen LogP contribution in [0.15, 0.2) is 60.7 Å². The van der Waals surface area contributed by atoms with Crippen molar-refractivity contribution in [3.05, 3.63) is 72.1 Å². The van der Waals surface area contributed by atoms with Gasteiger partial charge in [-0.05, 0) is 17.7 Å². The summed E-state index contributed by atoms with van der Waals surface area (Å²) in [5.74, 6) is 1.48. The van der Waals surface area contributed by atoms with Crippen molar-refractivity contribution in [1.29, 1.82) is 0 Å². The summed E-state index contributed by atoms with van der Waals surface area (Å²) in [6.45, 7) is 5.24. The first-order chi connectivity index (χ1) is 13.8. The summed E-state index contributed by atoms with van der Waals surface area (Å²) >= 11 is 0. The lowest BCUT2D eigenvalue weighted by Gasteiger charge is -2.35. The van der Waals surface area contributed by atoms with Gasteiger partial charge in [0.25, 0.3) is 0 Å². The molecule has 7 heteroatoms. The molecule has 7 nitrogen and oxygen atoms in total. The van der Waals surface area contributed by atoms with Gasteiger partial charge in [-0.3, -0.25) is 4.90 Å². The molecule has 0 amide bonds. The van der Waals surface area contributed by atoms with E-state index in [9.17, 15) is 0 Å². The second-order valence-corrected chi connectivity index (χ2v) is 6.87. The number of anilines is 3. The van der Waals surface area contributed by atoms with Crippen LogP contribution in [0.3, 0.4) is 0 Å². The Hall–Kier alpha value is -3.19. The highest BCUT2D eigenvalue weighted by Gasteiger charge is 2.18. The number of nitrogens with zero attached hydrogens (tertiary/aromatic N) is 5. The van der Waals surface area contributed by atoms with Crippen molar-refractivity contribution in [3.63, 3.8) is 0 Å². The molecule has 1 aromatic heterocycles. The van der Waals surface area contributed by atoms with Crippen molar-refractivity contribution in [1.82, 2.24) is 19.9 Å². The van der Waals surface area contributed by atoms with E-state index in [4.69, 9.17) is 5.73 Å². The molecule has 0 unspecified atom stereocenters. The summed E-state index contributed by atoms with van der Waals surface area (Å²) in [5, 5.41) is 3.24. The molecule has 1 aliphatic rings. The van der Waals surface area contributed by atoms with Crippen LogP contribution in [0.4, 0.5) is 17.6 Å². The van der Waals surface area contributed by atoms with E-state index in [0.717, 1.165) is 26.2 Å². The van der Waals surface area contributed by atoms with Gasteiger partial charge in [0, 0.05) is 38.4 Å². The fourth-order valence-corrected chi connectivity index (χ4v) is 3.37. The first-order valence-corrected chi connectivity index (χ1v) is 9.57. The molecule has 1 saturated heterocycles. The first kappa shape index (κ1) is 18.2. The van der Waals surface area contributed by atoms with E-state index in [1.165, 1.54) is 11.3 Å². The summed E-state index contributed by atoms with van der Waals surface area (Å²) in [6, 6.07) is 20.7. The zero-order valence-corrected chi connectivity index (χ0v) is 15.8. The van der Waals surface area contributed by atoms with E-state index in [1.807, 2.05) is 24.3 Å². The number of benzene rings is 2. The fraction of sp³-hybridized carbons (Fsp3) is 0.286. The standard InChI is InChI=1S/C21H25N7/c22-20-24-19(25-21(26-20)23-15-17-7-3-1-4-8-17)16-27-11-13-28(14-12-27)18-9-5-2-6-10-18/h1-10H,11-16H2,(H3,22,23,24,25,26). The Bertz CT molecular complexity index is 878. The molecule has 0 atom stereocenters. The third-order valence-electron chi connectivity index (χ3n) is 4.85. The number of para-hydroxylation sites is 1. The van der Waals surface area contributed by atoms with E-state index in [1.54, 1.807) is 0 Å². The smallest absolute Gasteiger partial charge is 0.228 e. The first-order valence-electron chi connectivity index (χ1n) is 9.57. The molecule has 3 N–H and O–H groups in total. The molecule has 2 aromatic carbocycles. The van der Waals surface area contributed by atoms with Gasteiger partial charge in [-0.1, -0.05) is 48.5 Å². The molecule has 28 heavy (non-hydrogen) atoms. The molecular formula is C21H25N7. The van der Waals surface area contributed by atoms with Crippen LogP contribution in [-0.2, 0) is 13.1 Å². The van der Waals surface area contributed by atoms with Gasteiger partial charge < -0.3 is 16.0 Å². The number of nitrogen functional groups attached to an aromatic ring is 1. The van der Waals surface area contributed by atoms with Gasteiger partial charge in [-0.25, -0.2) is 0 Å². The van der Waals surface area contributed by atoms with Crippen molar-refractivity contribution >= 4 is 17.6 Å². The van der Waals surface area contributed by atoms with E-state index in [0.29, 0.717) is 24.9 Å². The molecule has 4 rings (SSSR count). The second kappa shape index (κ2) is 8.67. The van der Waals surface area contributed by atoms with Gasteiger partial charge in [-0.15, -0.1) is 0 Å². The summed E-state index contributed by atoms with van der Waals surface area (Å²) in [5.41, 5.74) is 8.35. The van der Waals surface area contributed by atoms with Crippen LogP contribution in [0.1, 0.15) is 11.4 Å². The molecule has 0 aliphatic carbocycles. The largest absolute Gasteiger partial charge is 0.369 e. The Labute approximate surface area is 165 Å². The predicted octanol–water partition coefficient (Wildman–Crippen LogP) is 2.39. The van der Waals surface area contributed by atoms with Gasteiger partial charge in [0.05, 0.1) is 6.54 Å². The lowest BCUT2D eigenvalue weighted by atomic mass is 10.2. The predicted molar refractivity (Wildman–Crippen MR) is 112 cm³/mol. The van der Waals surface area contributed by atoms with Crippen LogP contribution < -0.4 is 16.0 Å². The molecule has 1 aliphatic heterocycles. The summed E-state index contributed by atoms with van der Waals surface area (Å²) in [6.07, 6.45) is 0. The average Bonchev–Trinajstić information content (AvgIpc) is 2.74. The number of nitrogens with one attached hydrogen (secondary N) is 1. The lowest BCUT2D eigenvalue weighted by molar-refractivity contribution is 0.244. The lowest BCUT2D eigenvalue weighted by Crippen LogP contribution is -2.46. The maximum absolute atomic E-state index is 5.90. The second-order valence-electron chi connectivity index (χ2n) is 6.87. The molecule has 2 heterocycles. The van der Waals surface area contributed by atoms with Crippen LogP contribution in [0.2, 0.25) is 0 Å². The van der Waals surface area contributed by atoms with Crippen molar-refractivity contribution in [3.8, 4) is 0 Å². The molecule has 0 bridgehead atoms. The van der Waals surface area contributed by atoms with Crippen LogP contribution in [0.5, 0.6) is 0 Å². The molecule has 3 aromatic rings. The maximum atomic E-state index is 5.90. The van der Waals surface area contributed by atoms with Gasteiger partial charge in [0.15, 0.2) is 0 Å². The van der Waals surface area contributed by atoms with E-state index in [-0.39, 0.29) is 5.95 Å². The van der Waals surface area contributed by atoms with E-state index < -0.39 is 0 Å². The number of nitrogens with two attached hydrogens (primary N) is 1. The third kappa shape index (κ3) is 4.75. The van der Waals surface area contributed by atoms with Crippen molar-refractivity contribution in [2.24, 2.45) is 0 Å². The average molecular weight is 375 g/mol. The molecular weight excluding hydrogens is 350 g/mol. The van der Waals surface area contributed by atoms with Crippen LogP contribution >= 0.6 is 0 Å². The Morgan fingerprint density at radius 2 is 1.50 bits per heavy atom. The Kier molecular flexibility index (Phi) is 5.63. The summed E-state index contributed by atoms with van der Waals surface area (Å²) in [7, 11) is 0. The monoisotopic (exact) mass is 375 g/mol. The zero-order chi connectivity index (χ0) is 19.2. The number of rotatable bonds is 6. The molecule has 0 saturated carbocycles. The highest BCUT2D eigenvalue weighted by molar-refractivity contribution is 5.46. The van der Waals surface area contributed by atoms with Gasteiger partial charge >= 0.3 is 0 Å². The minimum absolute atomic E-state index is 0.253. The number of piperazine rings is 1. The van der Waals surface area contributed by atoms with Crippen molar-refractivity contribution in [2.45, 2.75) is 13.1 Å². The maximum Gasteiger partial charge on any atom is 0.228 e. The Morgan fingerprint density at radius 1 is 0.821 bits per heavy atom. The van der Waals surface area contributed by atoms with Crippen molar-refractivity contribution in [2.75, 3.05) is 42.1 Å². The van der Waals surface area contributed by atoms with Gasteiger partial charge in [0.2, 0.25) is 11.9 Å². The van der Waals surface area contributed by atoms with Crippen LogP contribution in [-0.4, -0.2) is 46.0 Å². The molecule has 0 radical (unpaired) electrons. The quantitative estimate of drug-likeness (QED) is 0.684. The van der Waals surface area contributed by atoms with E-state index >= 15 is 0 Å². The molecule has 144 valence electrons. The topological polar surface area (TPSA) is 83.2 Å². The normalized spacial score (nSPS) is 14.8. The zero-order valence-electron chi connectivity index (χ0n) is 15.8. The number of hydrogen-bond donors (Lipinski definition) is 2. The minimum Gasteiger partial charge on any atom is -0.369 e. The third-order valence-corrected chi connectivity index (χ3v) is 4.85. The summed E-state index contributed by atoms with van der Waals surface area (Å²) < 4.78 is 0. The van der Waals surface area contributed by atoms with Crippen molar-refractivity contribution < 1.29 is 0 Å². The SMILES string of the molecule is Nc1nc(CN2CCN(c3ccccc3)CC2)nc(NCc2ccccc2)n1. The minimum atomic E-state index is 0.253. The molecule has 1 fully saturated rings. The Morgan fingerprint density at radius 3 is 2.21 bits per heavy atom. The summed E-state index contributed by atoms with van der Waals surface area (Å²) in [4.78, 5) is 17.8. The van der Waals surface area contributed by atoms with Crippen LogP contribution in [0, 0.1) is 0 Å². The highest BCUT2D eigenvalue weighted by Crippen LogP contribution is 2.16. The number of aromatic nitrogens is 3.